The third-order valence-electron chi connectivity index (χ3n) is 7.29. The van der Waals surface area contributed by atoms with Gasteiger partial charge in [0.1, 0.15) is 12.3 Å². The Kier molecular flexibility index (Phi) is 5.99. The van der Waals surface area contributed by atoms with Crippen LogP contribution in [-0.4, -0.2) is 52.2 Å². The van der Waals surface area contributed by atoms with Gasteiger partial charge in [-0.15, -0.1) is 5.10 Å². The van der Waals surface area contributed by atoms with Gasteiger partial charge in [0.15, 0.2) is 0 Å². The van der Waals surface area contributed by atoms with E-state index in [0.29, 0.717) is 32.8 Å². The van der Waals surface area contributed by atoms with Crippen molar-refractivity contribution in [1.82, 2.24) is 25.2 Å². The van der Waals surface area contributed by atoms with E-state index in [9.17, 15) is 4.79 Å². The van der Waals surface area contributed by atoms with Crippen LogP contribution < -0.4 is 5.32 Å². The van der Waals surface area contributed by atoms with Crippen molar-refractivity contribution in [2.45, 2.75) is 25.4 Å². The lowest BCUT2D eigenvalue weighted by atomic mass is 9.98. The molecule has 3 aromatic carbocycles. The zero-order valence-corrected chi connectivity index (χ0v) is 20.3. The first-order valence-electron chi connectivity index (χ1n) is 12.5. The molecular weight excluding hydrogens is 450 g/mol. The van der Waals surface area contributed by atoms with Crippen LogP contribution in [0.3, 0.4) is 0 Å². The molecule has 6 rings (SSSR count). The Hall–Kier alpha value is -3.97. The number of rotatable bonds is 5. The van der Waals surface area contributed by atoms with E-state index in [1.165, 1.54) is 27.8 Å². The molecule has 0 radical (unpaired) electrons. The van der Waals surface area contributed by atoms with Gasteiger partial charge >= 0.3 is 6.09 Å². The average molecular weight is 480 g/mol. The monoisotopic (exact) mass is 479 g/mol. The highest BCUT2D eigenvalue weighted by molar-refractivity contribution is 5.79. The van der Waals surface area contributed by atoms with Crippen LogP contribution in [0.2, 0.25) is 0 Å². The van der Waals surface area contributed by atoms with Gasteiger partial charge in [-0.3, -0.25) is 0 Å². The number of amides is 1. The maximum atomic E-state index is 13.1. The summed E-state index contributed by atoms with van der Waals surface area (Å²) < 4.78 is 7.81. The molecule has 0 saturated carbocycles. The Labute approximate surface area is 210 Å². The largest absolute Gasteiger partial charge is 0.448 e. The average Bonchev–Trinajstić information content (AvgIpc) is 3.45. The van der Waals surface area contributed by atoms with Crippen molar-refractivity contribution in [2.75, 3.05) is 26.2 Å². The number of carbonyl (C=O) groups excluding carboxylic acids is 1. The first-order chi connectivity index (χ1) is 17.7. The normalized spacial score (nSPS) is 17.0. The fraction of sp³-hybridized carbons (Fsp3) is 0.276. The maximum Gasteiger partial charge on any atom is 0.409 e. The van der Waals surface area contributed by atoms with Crippen molar-refractivity contribution in [3.63, 3.8) is 0 Å². The van der Waals surface area contributed by atoms with E-state index in [0.717, 1.165) is 11.4 Å². The van der Waals surface area contributed by atoms with Crippen LogP contribution in [0.1, 0.15) is 40.0 Å². The zero-order valence-electron chi connectivity index (χ0n) is 20.3. The second-order valence-corrected chi connectivity index (χ2v) is 9.46. The predicted molar refractivity (Wildman–Crippen MR) is 138 cm³/mol. The lowest BCUT2D eigenvalue weighted by Crippen LogP contribution is -2.49. The predicted octanol–water partition coefficient (Wildman–Crippen LogP) is 4.53. The fourth-order valence-electron chi connectivity index (χ4n) is 5.39. The van der Waals surface area contributed by atoms with Crippen molar-refractivity contribution >= 4 is 6.09 Å². The molecule has 2 heterocycles. The topological polar surface area (TPSA) is 72.3 Å². The Morgan fingerprint density at radius 3 is 2.36 bits per heavy atom. The highest BCUT2D eigenvalue weighted by atomic mass is 16.6. The second kappa shape index (κ2) is 9.59. The van der Waals surface area contributed by atoms with Crippen LogP contribution in [0, 0.1) is 6.92 Å². The lowest BCUT2D eigenvalue weighted by Gasteiger charge is -2.32. The van der Waals surface area contributed by atoms with E-state index >= 15 is 0 Å². The minimum atomic E-state index is -0.280. The molecule has 182 valence electrons. The van der Waals surface area contributed by atoms with Crippen LogP contribution in [0.5, 0.6) is 0 Å². The Balaban J connectivity index is 1.12. The molecule has 1 fully saturated rings. The Bertz CT molecular complexity index is 1340. The number of aromatic nitrogens is 3. The van der Waals surface area contributed by atoms with Gasteiger partial charge in [0.2, 0.25) is 0 Å². The van der Waals surface area contributed by atoms with Crippen molar-refractivity contribution in [1.29, 1.82) is 0 Å². The van der Waals surface area contributed by atoms with E-state index in [1.807, 2.05) is 41.9 Å². The summed E-state index contributed by atoms with van der Waals surface area (Å²) in [6.07, 6.45) is -0.280. The first kappa shape index (κ1) is 22.5. The van der Waals surface area contributed by atoms with Gasteiger partial charge in [0.25, 0.3) is 0 Å². The van der Waals surface area contributed by atoms with Crippen LogP contribution in [0.25, 0.3) is 11.1 Å². The summed E-state index contributed by atoms with van der Waals surface area (Å²) in [6.45, 7) is 4.81. The molecule has 1 aliphatic heterocycles. The maximum absolute atomic E-state index is 13.1. The quantitative estimate of drug-likeness (QED) is 0.455. The molecule has 1 saturated heterocycles. The summed E-state index contributed by atoms with van der Waals surface area (Å²) in [5.41, 5.74) is 7.95. The number of hydrogen-bond acceptors (Lipinski definition) is 5. The fourth-order valence-corrected chi connectivity index (χ4v) is 5.39. The summed E-state index contributed by atoms with van der Waals surface area (Å²) in [6, 6.07) is 26.9. The molecule has 2 aliphatic rings. The molecule has 1 aliphatic carbocycles. The van der Waals surface area contributed by atoms with Crippen molar-refractivity contribution in [2.24, 2.45) is 0 Å². The smallest absolute Gasteiger partial charge is 0.409 e. The third-order valence-corrected chi connectivity index (χ3v) is 7.29. The van der Waals surface area contributed by atoms with Crippen molar-refractivity contribution in [3.8, 4) is 11.1 Å². The molecule has 0 spiro atoms. The molecule has 1 unspecified atom stereocenters. The van der Waals surface area contributed by atoms with Gasteiger partial charge in [0, 0.05) is 25.6 Å². The summed E-state index contributed by atoms with van der Waals surface area (Å²) in [7, 11) is 0. The summed E-state index contributed by atoms with van der Waals surface area (Å²) in [5.74, 6) is 0.0557. The van der Waals surface area contributed by atoms with Gasteiger partial charge in [0.05, 0.1) is 18.3 Å². The second-order valence-electron chi connectivity index (χ2n) is 9.46. The number of ether oxygens (including phenoxy) is 1. The molecule has 36 heavy (non-hydrogen) atoms. The number of benzene rings is 3. The summed E-state index contributed by atoms with van der Waals surface area (Å²) >= 11 is 0. The molecule has 1 aromatic heterocycles. The number of hydrogen-bond donors (Lipinski definition) is 1. The SMILES string of the molecule is Cc1c(C2CN(C(=O)OCC3c4ccccc4-c4ccccc43)CCN2)nnn1Cc1ccccc1. The first-order valence-corrected chi connectivity index (χ1v) is 12.5. The Morgan fingerprint density at radius 1 is 0.972 bits per heavy atom. The number of fused-ring (bicyclic) bond motifs is 3. The van der Waals surface area contributed by atoms with Gasteiger partial charge in [-0.05, 0) is 34.7 Å². The van der Waals surface area contributed by atoms with Gasteiger partial charge in [-0.1, -0.05) is 84.1 Å². The molecule has 7 nitrogen and oxygen atoms in total. The van der Waals surface area contributed by atoms with E-state index in [-0.39, 0.29) is 18.1 Å². The molecule has 7 heteroatoms. The number of nitrogens with zero attached hydrogens (tertiary/aromatic N) is 4. The zero-order chi connectivity index (χ0) is 24.5. The van der Waals surface area contributed by atoms with Gasteiger partial charge in [-0.2, -0.15) is 0 Å². The highest BCUT2D eigenvalue weighted by Crippen LogP contribution is 2.44. The van der Waals surface area contributed by atoms with Crippen LogP contribution >= 0.6 is 0 Å². The minimum Gasteiger partial charge on any atom is -0.448 e. The van der Waals surface area contributed by atoms with E-state index in [1.54, 1.807) is 4.90 Å². The van der Waals surface area contributed by atoms with Crippen molar-refractivity contribution < 1.29 is 9.53 Å². The van der Waals surface area contributed by atoms with Crippen LogP contribution in [0.15, 0.2) is 78.9 Å². The number of nitrogens with one attached hydrogen (secondary N) is 1. The lowest BCUT2D eigenvalue weighted by molar-refractivity contribution is 0.0879. The number of carbonyl (C=O) groups is 1. The highest BCUT2D eigenvalue weighted by Gasteiger charge is 2.32. The molecule has 1 N–H and O–H groups in total. The summed E-state index contributed by atoms with van der Waals surface area (Å²) in [4.78, 5) is 14.9. The molecule has 1 atom stereocenters. The molecule has 4 aromatic rings. The molecular formula is C29H29N5O2. The molecule has 0 bridgehead atoms. The van der Waals surface area contributed by atoms with Crippen molar-refractivity contribution in [3.05, 3.63) is 107 Å². The third kappa shape index (κ3) is 4.16. The van der Waals surface area contributed by atoms with Gasteiger partial charge < -0.3 is 15.0 Å². The standard InChI is InChI=1S/C29H29N5O2/c1-20-28(31-32-34(20)17-21-9-3-2-4-10-21)27-18-33(16-15-30-27)29(35)36-19-26-24-13-7-5-11-22(24)23-12-6-8-14-25(23)26/h2-14,26-27,30H,15-19H2,1H3. The van der Waals surface area contributed by atoms with Crippen LogP contribution in [0.4, 0.5) is 4.79 Å². The van der Waals surface area contributed by atoms with E-state index in [4.69, 9.17) is 4.74 Å². The molecule has 1 amide bonds. The number of piperazine rings is 1. The van der Waals surface area contributed by atoms with E-state index in [2.05, 4.69) is 64.2 Å². The minimum absolute atomic E-state index is 0.0557. The van der Waals surface area contributed by atoms with Crippen LogP contribution in [-0.2, 0) is 11.3 Å². The summed E-state index contributed by atoms with van der Waals surface area (Å²) in [5, 5.41) is 12.3. The Morgan fingerprint density at radius 2 is 1.64 bits per heavy atom. The van der Waals surface area contributed by atoms with Gasteiger partial charge in [-0.25, -0.2) is 9.48 Å². The van der Waals surface area contributed by atoms with E-state index < -0.39 is 0 Å².